The van der Waals surface area contributed by atoms with E-state index in [1.165, 1.54) is 86.7 Å². The molecule has 1 fully saturated rings. The summed E-state index contributed by atoms with van der Waals surface area (Å²) in [5, 5.41) is 0. The first-order valence-corrected chi connectivity index (χ1v) is 16.4. The molecule has 0 radical (unpaired) electrons. The van der Waals surface area contributed by atoms with Crippen molar-refractivity contribution >= 4 is 23.8 Å². The molecule has 1 aliphatic carbocycles. The molecule has 0 amide bonds. The molecule has 2 atom stereocenters. The molecule has 1 saturated carbocycles. The van der Waals surface area contributed by atoms with E-state index in [0.29, 0.717) is 0 Å². The highest BCUT2D eigenvalue weighted by atomic mass is 15.1. The van der Waals surface area contributed by atoms with Crippen LogP contribution in [0, 0.1) is 0 Å². The van der Waals surface area contributed by atoms with Crippen LogP contribution in [0.1, 0.15) is 116 Å². The van der Waals surface area contributed by atoms with Gasteiger partial charge in [-0.05, 0) is 73.9 Å². The minimum Gasteiger partial charge on any atom is -0.372 e. The van der Waals surface area contributed by atoms with E-state index in [1.807, 2.05) is 0 Å². The molecule has 4 heteroatoms. The predicted molar refractivity (Wildman–Crippen MR) is 178 cm³/mol. The molecule has 1 aliphatic rings. The molecule has 40 heavy (non-hydrogen) atoms. The number of hydrogen-bond acceptors (Lipinski definition) is 4. The number of unbranched alkanes of at least 4 members (excludes halogenated alkanes) is 4. The Bertz CT molecular complexity index is 881. The first-order chi connectivity index (χ1) is 19.7. The topological polar surface area (TPSA) is 31.2 Å². The molecule has 4 nitrogen and oxygen atoms in total. The summed E-state index contributed by atoms with van der Waals surface area (Å²) in [6.45, 7) is 13.7. The second kappa shape index (κ2) is 18.7. The highest BCUT2D eigenvalue weighted by Gasteiger charge is 2.23. The zero-order valence-electron chi connectivity index (χ0n) is 26.0. The molecule has 0 N–H and O–H groups in total. The molecule has 0 bridgehead atoms. The average molecular weight is 545 g/mol. The van der Waals surface area contributed by atoms with Gasteiger partial charge in [-0.25, -0.2) is 0 Å². The first kappa shape index (κ1) is 31.9. The van der Waals surface area contributed by atoms with Crippen molar-refractivity contribution in [2.24, 2.45) is 9.98 Å². The van der Waals surface area contributed by atoms with E-state index in [2.05, 4.69) is 98.5 Å². The number of rotatable bonds is 18. The summed E-state index contributed by atoms with van der Waals surface area (Å²) in [5.74, 6) is 0. The van der Waals surface area contributed by atoms with Crippen molar-refractivity contribution in [3.63, 3.8) is 0 Å². The fraction of sp³-hybridized carbons (Fsp3) is 0.611. The Labute approximate surface area is 246 Å². The van der Waals surface area contributed by atoms with Crippen LogP contribution in [0.25, 0.3) is 0 Å². The van der Waals surface area contributed by atoms with Crippen molar-refractivity contribution in [1.82, 2.24) is 0 Å². The summed E-state index contributed by atoms with van der Waals surface area (Å²) in [4.78, 5) is 15.2. The Hall–Kier alpha value is -2.62. The molecule has 0 saturated heterocycles. The molecule has 0 aliphatic heterocycles. The van der Waals surface area contributed by atoms with Gasteiger partial charge in [0.05, 0.1) is 12.1 Å². The van der Waals surface area contributed by atoms with Crippen LogP contribution in [0.2, 0.25) is 0 Å². The summed E-state index contributed by atoms with van der Waals surface area (Å²) in [7, 11) is 0. The third-order valence-electron chi connectivity index (χ3n) is 8.17. The smallest absolute Gasteiger partial charge is 0.0723 e. The quantitative estimate of drug-likeness (QED) is 0.175. The van der Waals surface area contributed by atoms with Crippen LogP contribution >= 0.6 is 0 Å². The van der Waals surface area contributed by atoms with E-state index < -0.39 is 0 Å². The Morgan fingerprint density at radius 1 is 0.550 bits per heavy atom. The van der Waals surface area contributed by atoms with Gasteiger partial charge in [0.15, 0.2) is 0 Å². The third kappa shape index (κ3) is 10.7. The molecular formula is C36H56N4. The lowest BCUT2D eigenvalue weighted by Crippen LogP contribution is -2.27. The van der Waals surface area contributed by atoms with E-state index in [4.69, 9.17) is 9.98 Å². The van der Waals surface area contributed by atoms with Crippen LogP contribution in [0.15, 0.2) is 58.5 Å². The first-order valence-electron chi connectivity index (χ1n) is 16.4. The molecule has 3 rings (SSSR count). The Morgan fingerprint density at radius 2 is 0.875 bits per heavy atom. The second-order valence-electron chi connectivity index (χ2n) is 11.5. The SMILES string of the molecule is CCCCN(CCCC)c1ccc(/C=N/C2CCCCC2/N=C/c2ccc(N(CCCC)CCCC)cc2)cc1. The number of hydrogen-bond donors (Lipinski definition) is 0. The van der Waals surface area contributed by atoms with Gasteiger partial charge >= 0.3 is 0 Å². The third-order valence-corrected chi connectivity index (χ3v) is 8.17. The zero-order valence-corrected chi connectivity index (χ0v) is 26.0. The van der Waals surface area contributed by atoms with Gasteiger partial charge in [-0.15, -0.1) is 0 Å². The monoisotopic (exact) mass is 544 g/mol. The van der Waals surface area contributed by atoms with Crippen molar-refractivity contribution in [2.75, 3.05) is 36.0 Å². The summed E-state index contributed by atoms with van der Waals surface area (Å²) in [5.41, 5.74) is 5.05. The summed E-state index contributed by atoms with van der Waals surface area (Å²) in [6.07, 6.45) is 18.8. The van der Waals surface area contributed by atoms with Gasteiger partial charge in [-0.2, -0.15) is 0 Å². The summed E-state index contributed by atoms with van der Waals surface area (Å²) >= 11 is 0. The van der Waals surface area contributed by atoms with Gasteiger partial charge < -0.3 is 9.80 Å². The molecule has 0 aromatic heterocycles. The van der Waals surface area contributed by atoms with Crippen LogP contribution in [0.3, 0.4) is 0 Å². The molecule has 2 aromatic rings. The fourth-order valence-corrected chi connectivity index (χ4v) is 5.48. The Kier molecular flexibility index (Phi) is 14.9. The predicted octanol–water partition coefficient (Wildman–Crippen LogP) is 9.35. The summed E-state index contributed by atoms with van der Waals surface area (Å²) < 4.78 is 0. The minimum absolute atomic E-state index is 0.271. The van der Waals surface area contributed by atoms with E-state index in [0.717, 1.165) is 39.0 Å². The maximum atomic E-state index is 5.06. The highest BCUT2D eigenvalue weighted by molar-refractivity contribution is 5.81. The van der Waals surface area contributed by atoms with Gasteiger partial charge in [0, 0.05) is 50.0 Å². The van der Waals surface area contributed by atoms with E-state index >= 15 is 0 Å². The van der Waals surface area contributed by atoms with E-state index in [-0.39, 0.29) is 12.1 Å². The van der Waals surface area contributed by atoms with Crippen molar-refractivity contribution in [3.8, 4) is 0 Å². The molecule has 2 aromatic carbocycles. The second-order valence-corrected chi connectivity index (χ2v) is 11.5. The van der Waals surface area contributed by atoms with Crippen LogP contribution < -0.4 is 9.80 Å². The number of benzene rings is 2. The lowest BCUT2D eigenvalue weighted by molar-refractivity contribution is 0.390. The van der Waals surface area contributed by atoms with E-state index in [9.17, 15) is 0 Å². The van der Waals surface area contributed by atoms with Gasteiger partial charge in [0.1, 0.15) is 0 Å². The molecule has 0 spiro atoms. The summed E-state index contributed by atoms with van der Waals surface area (Å²) in [6, 6.07) is 18.6. The average Bonchev–Trinajstić information content (AvgIpc) is 3.00. The number of nitrogens with zero attached hydrogens (tertiary/aromatic N) is 4. The molecule has 2 unspecified atom stereocenters. The van der Waals surface area contributed by atoms with Gasteiger partial charge in [-0.3, -0.25) is 9.98 Å². The number of aliphatic imine (C=N–C) groups is 2. The molecule has 0 heterocycles. The number of anilines is 2. The normalized spacial score (nSPS) is 17.6. The van der Waals surface area contributed by atoms with Crippen LogP contribution in [0.5, 0.6) is 0 Å². The van der Waals surface area contributed by atoms with Gasteiger partial charge in [-0.1, -0.05) is 90.5 Å². The van der Waals surface area contributed by atoms with Crippen LogP contribution in [-0.2, 0) is 0 Å². The minimum atomic E-state index is 0.271. The van der Waals surface area contributed by atoms with Crippen molar-refractivity contribution < 1.29 is 0 Å². The standard InChI is InChI=1S/C36H56N4/c1-5-9-25-39(26-10-6-2)33-21-17-31(18-22-33)29-37-35-15-13-14-16-36(35)38-30-32-19-23-34(24-20-32)40(27-11-7-3)28-12-8-4/h17-24,29-30,35-36H,5-16,25-28H2,1-4H3/b37-29+,38-30+. The fourth-order valence-electron chi connectivity index (χ4n) is 5.48. The maximum absolute atomic E-state index is 5.06. The van der Waals surface area contributed by atoms with Crippen LogP contribution in [0.4, 0.5) is 11.4 Å². The highest BCUT2D eigenvalue weighted by Crippen LogP contribution is 2.25. The lowest BCUT2D eigenvalue weighted by Gasteiger charge is -2.26. The Morgan fingerprint density at radius 3 is 1.18 bits per heavy atom. The van der Waals surface area contributed by atoms with Gasteiger partial charge in [0.25, 0.3) is 0 Å². The van der Waals surface area contributed by atoms with Crippen molar-refractivity contribution in [1.29, 1.82) is 0 Å². The van der Waals surface area contributed by atoms with Crippen LogP contribution in [-0.4, -0.2) is 50.7 Å². The maximum Gasteiger partial charge on any atom is 0.0723 e. The largest absolute Gasteiger partial charge is 0.372 e. The van der Waals surface area contributed by atoms with Crippen molar-refractivity contribution in [2.45, 2.75) is 117 Å². The molecule has 220 valence electrons. The lowest BCUT2D eigenvalue weighted by atomic mass is 9.91. The zero-order chi connectivity index (χ0) is 28.4. The molecular weight excluding hydrogens is 488 g/mol. The van der Waals surface area contributed by atoms with E-state index in [1.54, 1.807) is 0 Å². The Balaban J connectivity index is 1.61. The van der Waals surface area contributed by atoms with Crippen molar-refractivity contribution in [3.05, 3.63) is 59.7 Å². The van der Waals surface area contributed by atoms with Gasteiger partial charge in [0.2, 0.25) is 0 Å².